The first kappa shape index (κ1) is 19.8. The third-order valence-electron chi connectivity index (χ3n) is 4.79. The predicted octanol–water partition coefficient (Wildman–Crippen LogP) is 3.19. The fraction of sp³-hybridized carbons (Fsp3) is 0.381. The number of rotatable bonds is 8. The number of aliphatic carboxylic acids is 1. The second kappa shape index (κ2) is 9.85. The van der Waals surface area contributed by atoms with Crippen LogP contribution in [0.5, 0.6) is 0 Å². The Bertz CT molecular complexity index is 724. The molecule has 3 rings (SSSR count). The van der Waals surface area contributed by atoms with E-state index in [1.165, 1.54) is 11.1 Å². The maximum Gasteiger partial charge on any atom is 0.329 e. The highest BCUT2D eigenvalue weighted by Gasteiger charge is 2.27. The lowest BCUT2D eigenvalue weighted by Crippen LogP contribution is -2.52. The van der Waals surface area contributed by atoms with Crippen LogP contribution in [0.25, 0.3) is 0 Å². The number of carbonyl (C=O) groups is 1. The van der Waals surface area contributed by atoms with Gasteiger partial charge in [0.25, 0.3) is 0 Å². The van der Waals surface area contributed by atoms with E-state index in [9.17, 15) is 4.79 Å². The summed E-state index contributed by atoms with van der Waals surface area (Å²) in [6.07, 6.45) is 0.784. The van der Waals surface area contributed by atoms with Gasteiger partial charge in [-0.3, -0.25) is 4.90 Å². The van der Waals surface area contributed by atoms with Gasteiger partial charge in [-0.2, -0.15) is 0 Å². The van der Waals surface area contributed by atoms with Crippen molar-refractivity contribution < 1.29 is 14.6 Å². The molecular formula is C21H25ClN2O3. The highest BCUT2D eigenvalue weighted by atomic mass is 35.5. The molecule has 27 heavy (non-hydrogen) atoms. The lowest BCUT2D eigenvalue weighted by molar-refractivity contribution is -0.142. The summed E-state index contributed by atoms with van der Waals surface area (Å²) in [5.41, 5.74) is 2.47. The van der Waals surface area contributed by atoms with Crippen molar-refractivity contribution in [1.29, 1.82) is 0 Å². The van der Waals surface area contributed by atoms with Crippen LogP contribution in [0.1, 0.15) is 23.6 Å². The number of benzene rings is 2. The van der Waals surface area contributed by atoms with Gasteiger partial charge < -0.3 is 15.2 Å². The number of carboxylic acid groups (broad SMARTS) is 1. The van der Waals surface area contributed by atoms with Crippen LogP contribution in [0.3, 0.4) is 0 Å². The van der Waals surface area contributed by atoms with Crippen molar-refractivity contribution in [2.75, 3.05) is 32.8 Å². The first-order chi connectivity index (χ1) is 13.1. The van der Waals surface area contributed by atoms with Gasteiger partial charge in [-0.1, -0.05) is 54.1 Å². The van der Waals surface area contributed by atoms with Gasteiger partial charge >= 0.3 is 5.97 Å². The van der Waals surface area contributed by atoms with Crippen LogP contribution in [0, 0.1) is 0 Å². The Morgan fingerprint density at radius 3 is 2.59 bits per heavy atom. The first-order valence-corrected chi connectivity index (χ1v) is 9.58. The number of hydrogen-bond donors (Lipinski definition) is 2. The summed E-state index contributed by atoms with van der Waals surface area (Å²) in [4.78, 5) is 13.0. The molecule has 0 radical (unpaired) electrons. The molecule has 2 N–H and O–H groups in total. The summed E-state index contributed by atoms with van der Waals surface area (Å²) in [7, 11) is 0. The summed E-state index contributed by atoms with van der Waals surface area (Å²) < 4.78 is 5.20. The van der Waals surface area contributed by atoms with Gasteiger partial charge in [0.1, 0.15) is 6.61 Å². The largest absolute Gasteiger partial charge is 0.480 e. The van der Waals surface area contributed by atoms with E-state index in [-0.39, 0.29) is 18.7 Å². The third-order valence-corrected chi connectivity index (χ3v) is 5.04. The quantitative estimate of drug-likeness (QED) is 0.680. The zero-order valence-corrected chi connectivity index (χ0v) is 15.9. The summed E-state index contributed by atoms with van der Waals surface area (Å²) in [6.45, 7) is 2.90. The Labute approximate surface area is 164 Å². The van der Waals surface area contributed by atoms with Crippen LogP contribution in [0.4, 0.5) is 0 Å². The number of halogens is 1. The van der Waals surface area contributed by atoms with Gasteiger partial charge in [0.2, 0.25) is 0 Å². The first-order valence-electron chi connectivity index (χ1n) is 9.21. The number of piperazine rings is 1. The zero-order valence-electron chi connectivity index (χ0n) is 15.2. The van der Waals surface area contributed by atoms with Gasteiger partial charge in [-0.15, -0.1) is 0 Å². The second-order valence-electron chi connectivity index (χ2n) is 6.75. The molecule has 2 aromatic carbocycles. The topological polar surface area (TPSA) is 61.8 Å². The van der Waals surface area contributed by atoms with Crippen molar-refractivity contribution in [3.63, 3.8) is 0 Å². The summed E-state index contributed by atoms with van der Waals surface area (Å²) in [5.74, 6) is -0.930. The van der Waals surface area contributed by atoms with Crippen LogP contribution in [-0.2, 0) is 9.53 Å². The van der Waals surface area contributed by atoms with Crippen molar-refractivity contribution in [1.82, 2.24) is 10.2 Å². The van der Waals surface area contributed by atoms with E-state index >= 15 is 0 Å². The van der Waals surface area contributed by atoms with E-state index in [1.54, 1.807) is 0 Å². The summed E-state index contributed by atoms with van der Waals surface area (Å²) in [5, 5.41) is 12.9. The Hall–Kier alpha value is -1.92. The Kier molecular flexibility index (Phi) is 7.24. The normalized spacial score (nSPS) is 18.9. The molecule has 1 aliphatic rings. The highest BCUT2D eigenvalue weighted by Crippen LogP contribution is 2.30. The van der Waals surface area contributed by atoms with Crippen LogP contribution < -0.4 is 5.32 Å². The second-order valence-corrected chi connectivity index (χ2v) is 7.18. The summed E-state index contributed by atoms with van der Waals surface area (Å²) >= 11 is 6.09. The van der Waals surface area contributed by atoms with Crippen LogP contribution in [0.15, 0.2) is 54.6 Å². The Balaban J connectivity index is 1.72. The third kappa shape index (κ3) is 5.78. The molecule has 6 heteroatoms. The lowest BCUT2D eigenvalue weighted by Gasteiger charge is -2.39. The predicted molar refractivity (Wildman–Crippen MR) is 106 cm³/mol. The lowest BCUT2D eigenvalue weighted by atomic mass is 9.95. The van der Waals surface area contributed by atoms with Crippen molar-refractivity contribution in [3.05, 3.63) is 70.7 Å². The van der Waals surface area contributed by atoms with Gasteiger partial charge in [0.05, 0.1) is 6.04 Å². The minimum atomic E-state index is -0.930. The molecule has 5 nitrogen and oxygen atoms in total. The van der Waals surface area contributed by atoms with Gasteiger partial charge in [-0.25, -0.2) is 4.79 Å². The molecule has 1 aliphatic heterocycles. The van der Waals surface area contributed by atoms with E-state index in [2.05, 4.69) is 46.6 Å². The number of ether oxygens (including phenoxy) is 1. The highest BCUT2D eigenvalue weighted by molar-refractivity contribution is 6.30. The Morgan fingerprint density at radius 2 is 1.89 bits per heavy atom. The average Bonchev–Trinajstić information content (AvgIpc) is 2.68. The van der Waals surface area contributed by atoms with Gasteiger partial charge in [0.15, 0.2) is 0 Å². The molecule has 0 aliphatic carbocycles. The van der Waals surface area contributed by atoms with E-state index in [0.29, 0.717) is 6.61 Å². The fourth-order valence-electron chi connectivity index (χ4n) is 3.56. The molecule has 2 aromatic rings. The molecule has 1 fully saturated rings. The minimum absolute atomic E-state index is 0.160. The number of carboxylic acids is 1. The molecule has 1 heterocycles. The smallest absolute Gasteiger partial charge is 0.329 e. The van der Waals surface area contributed by atoms with Crippen molar-refractivity contribution in [3.8, 4) is 0 Å². The molecule has 144 valence electrons. The molecule has 1 saturated heterocycles. The van der Waals surface area contributed by atoms with Crippen LogP contribution in [-0.4, -0.2) is 54.9 Å². The van der Waals surface area contributed by atoms with E-state index < -0.39 is 5.97 Å². The molecule has 0 bridgehead atoms. The molecule has 0 aromatic heterocycles. The molecule has 2 atom stereocenters. The van der Waals surface area contributed by atoms with Crippen molar-refractivity contribution in [2.24, 2.45) is 0 Å². The zero-order chi connectivity index (χ0) is 19.1. The number of nitrogens with zero attached hydrogens (tertiary/aromatic N) is 1. The number of nitrogens with one attached hydrogen (secondary N) is 1. The fourth-order valence-corrected chi connectivity index (χ4v) is 3.68. The standard InChI is InChI=1S/C21H25ClN2O3/c22-18-8-6-17(7-9-18)21(16-4-2-1-3-5-16)24-12-11-23-19(14-24)10-13-27-15-20(25)26/h1-9,19,21,23H,10-15H2,(H,25,26). The maximum atomic E-state index is 10.6. The molecule has 2 unspecified atom stereocenters. The van der Waals surface area contributed by atoms with E-state index in [4.69, 9.17) is 21.4 Å². The van der Waals surface area contributed by atoms with Crippen LogP contribution >= 0.6 is 11.6 Å². The van der Waals surface area contributed by atoms with E-state index in [1.807, 2.05) is 18.2 Å². The Morgan fingerprint density at radius 1 is 1.19 bits per heavy atom. The van der Waals surface area contributed by atoms with Gasteiger partial charge in [-0.05, 0) is 29.7 Å². The molecule has 0 spiro atoms. The summed E-state index contributed by atoms with van der Waals surface area (Å²) in [6, 6.07) is 19.0. The van der Waals surface area contributed by atoms with Crippen LogP contribution in [0.2, 0.25) is 5.02 Å². The molecule has 0 saturated carbocycles. The molecular weight excluding hydrogens is 364 g/mol. The minimum Gasteiger partial charge on any atom is -0.480 e. The van der Waals surface area contributed by atoms with Crippen molar-refractivity contribution >= 4 is 17.6 Å². The monoisotopic (exact) mass is 388 g/mol. The van der Waals surface area contributed by atoms with Crippen molar-refractivity contribution in [2.45, 2.75) is 18.5 Å². The number of hydrogen-bond acceptors (Lipinski definition) is 4. The van der Waals surface area contributed by atoms with E-state index in [0.717, 1.165) is 31.1 Å². The maximum absolute atomic E-state index is 10.6. The van der Waals surface area contributed by atoms with Gasteiger partial charge in [0, 0.05) is 37.3 Å². The molecule has 0 amide bonds. The average molecular weight is 389 g/mol. The SMILES string of the molecule is O=C(O)COCCC1CN(C(c2ccccc2)c2ccc(Cl)cc2)CCN1.